The molecule has 3 aliphatic heterocycles. The maximum Gasteiger partial charge on any atom is 0.219 e. The number of rotatable bonds is 4. The van der Waals surface area contributed by atoms with Crippen molar-refractivity contribution >= 4 is 17.4 Å². The molecule has 9 nitrogen and oxygen atoms in total. The lowest BCUT2D eigenvalue weighted by Gasteiger charge is -2.27. The van der Waals surface area contributed by atoms with Crippen LogP contribution in [0.3, 0.4) is 0 Å². The number of fused-ring (bicyclic) bond motifs is 1. The standard InChI is InChI=1S/C21H26FN7O2/c1-13(30)28-7-5-20-16(10-28)21(25-29(20)15-6-8-31-12-15)23-18-4-3-14(9-17(18)22)19-11-27(2)26-24-19/h3-4,9,15,19H,5-8,10-12H2,1-2H3,(H,23,25). The maximum atomic E-state index is 15.0. The molecular formula is C21H26FN7O2. The Morgan fingerprint density at radius 3 is 2.90 bits per heavy atom. The van der Waals surface area contributed by atoms with Crippen LogP contribution in [0.15, 0.2) is 28.5 Å². The number of halogens is 1. The highest BCUT2D eigenvalue weighted by Crippen LogP contribution is 2.34. The molecule has 0 spiro atoms. The van der Waals surface area contributed by atoms with Gasteiger partial charge in [0.2, 0.25) is 5.91 Å². The molecule has 1 amide bonds. The van der Waals surface area contributed by atoms with Crippen molar-refractivity contribution in [1.82, 2.24) is 19.7 Å². The molecule has 1 aromatic carbocycles. The minimum Gasteiger partial charge on any atom is -0.379 e. The van der Waals surface area contributed by atoms with Gasteiger partial charge in [-0.1, -0.05) is 11.3 Å². The number of aromatic nitrogens is 2. The fourth-order valence-electron chi connectivity index (χ4n) is 4.45. The lowest BCUT2D eigenvalue weighted by Crippen LogP contribution is -2.35. The van der Waals surface area contributed by atoms with E-state index in [4.69, 9.17) is 9.84 Å². The number of hydrogen-bond acceptors (Lipinski definition) is 7. The van der Waals surface area contributed by atoms with E-state index in [0.717, 1.165) is 29.7 Å². The van der Waals surface area contributed by atoms with Crippen molar-refractivity contribution in [2.24, 2.45) is 10.3 Å². The summed E-state index contributed by atoms with van der Waals surface area (Å²) in [5, 5.41) is 17.9. The smallest absolute Gasteiger partial charge is 0.219 e. The number of carbonyl (C=O) groups is 1. The Morgan fingerprint density at radius 1 is 1.35 bits per heavy atom. The predicted molar refractivity (Wildman–Crippen MR) is 111 cm³/mol. The van der Waals surface area contributed by atoms with Crippen LogP contribution < -0.4 is 5.32 Å². The van der Waals surface area contributed by atoms with Gasteiger partial charge in [-0.15, -0.1) is 0 Å². The van der Waals surface area contributed by atoms with E-state index in [9.17, 15) is 9.18 Å². The number of amides is 1. The molecule has 1 aromatic heterocycles. The number of carbonyl (C=O) groups excluding carboxylic acids is 1. The maximum absolute atomic E-state index is 15.0. The van der Waals surface area contributed by atoms with Gasteiger partial charge < -0.3 is 15.0 Å². The van der Waals surface area contributed by atoms with Crippen molar-refractivity contribution in [3.05, 3.63) is 40.8 Å². The van der Waals surface area contributed by atoms with Gasteiger partial charge in [0.1, 0.15) is 11.9 Å². The van der Waals surface area contributed by atoms with Crippen LogP contribution in [-0.4, -0.2) is 58.9 Å². The summed E-state index contributed by atoms with van der Waals surface area (Å²) in [6, 6.07) is 5.09. The number of nitrogens with one attached hydrogen (secondary N) is 1. The van der Waals surface area contributed by atoms with E-state index in [1.165, 1.54) is 6.07 Å². The minimum absolute atomic E-state index is 0.0276. The zero-order valence-electron chi connectivity index (χ0n) is 17.7. The molecular weight excluding hydrogens is 401 g/mol. The Labute approximate surface area is 179 Å². The van der Waals surface area contributed by atoms with Crippen molar-refractivity contribution in [2.45, 2.75) is 38.4 Å². The molecule has 2 unspecified atom stereocenters. The van der Waals surface area contributed by atoms with Gasteiger partial charge in [-0.25, -0.2) is 4.39 Å². The van der Waals surface area contributed by atoms with Gasteiger partial charge in [0.25, 0.3) is 0 Å². The van der Waals surface area contributed by atoms with Gasteiger partial charge in [0, 0.05) is 44.8 Å². The topological polar surface area (TPSA) is 87.4 Å². The summed E-state index contributed by atoms with van der Waals surface area (Å²) in [6.45, 7) is 4.67. The molecule has 10 heteroatoms. The van der Waals surface area contributed by atoms with E-state index in [2.05, 4.69) is 15.7 Å². The number of benzene rings is 1. The van der Waals surface area contributed by atoms with E-state index < -0.39 is 0 Å². The van der Waals surface area contributed by atoms with E-state index in [1.54, 1.807) is 22.9 Å². The van der Waals surface area contributed by atoms with Crippen LogP contribution in [0.25, 0.3) is 0 Å². The van der Waals surface area contributed by atoms with Crippen molar-refractivity contribution in [2.75, 3.05) is 38.7 Å². The third-order valence-corrected chi connectivity index (χ3v) is 6.19. The second-order valence-electron chi connectivity index (χ2n) is 8.35. The third-order valence-electron chi connectivity index (χ3n) is 6.19. The quantitative estimate of drug-likeness (QED) is 0.811. The van der Waals surface area contributed by atoms with E-state index in [1.807, 2.05) is 17.8 Å². The summed E-state index contributed by atoms with van der Waals surface area (Å²) in [6.07, 6.45) is 1.62. The molecule has 164 valence electrons. The number of likely N-dealkylation sites (N-methyl/N-ethyl adjacent to an activating group) is 1. The first-order chi connectivity index (χ1) is 15.0. The van der Waals surface area contributed by atoms with Crippen LogP contribution >= 0.6 is 0 Å². The second kappa shape index (κ2) is 7.92. The summed E-state index contributed by atoms with van der Waals surface area (Å²) in [4.78, 5) is 13.8. The summed E-state index contributed by atoms with van der Waals surface area (Å²) >= 11 is 0. The first-order valence-electron chi connectivity index (χ1n) is 10.6. The first-order valence-corrected chi connectivity index (χ1v) is 10.6. The molecule has 4 heterocycles. The van der Waals surface area contributed by atoms with E-state index in [-0.39, 0.29) is 23.8 Å². The molecule has 5 rings (SSSR count). The second-order valence-corrected chi connectivity index (χ2v) is 8.35. The predicted octanol–water partition coefficient (Wildman–Crippen LogP) is 2.99. The Morgan fingerprint density at radius 2 is 2.23 bits per heavy atom. The monoisotopic (exact) mass is 427 g/mol. The Bertz CT molecular complexity index is 1030. The summed E-state index contributed by atoms with van der Waals surface area (Å²) in [5.41, 5.74) is 3.18. The molecule has 2 atom stereocenters. The van der Waals surface area contributed by atoms with Gasteiger partial charge in [0.05, 0.1) is 31.4 Å². The average Bonchev–Trinajstić information content (AvgIpc) is 3.49. The fraction of sp³-hybridized carbons (Fsp3) is 0.524. The van der Waals surface area contributed by atoms with E-state index in [0.29, 0.717) is 44.4 Å². The summed E-state index contributed by atoms with van der Waals surface area (Å²) in [7, 11) is 1.84. The molecule has 1 N–H and O–H groups in total. The zero-order valence-corrected chi connectivity index (χ0v) is 17.7. The zero-order chi connectivity index (χ0) is 21.5. The number of anilines is 2. The lowest BCUT2D eigenvalue weighted by atomic mass is 10.1. The highest BCUT2D eigenvalue weighted by Gasteiger charge is 2.30. The Hall–Kier alpha value is -3.01. The highest BCUT2D eigenvalue weighted by atomic mass is 19.1. The van der Waals surface area contributed by atoms with Crippen molar-refractivity contribution in [3.63, 3.8) is 0 Å². The van der Waals surface area contributed by atoms with Crippen LogP contribution in [0.4, 0.5) is 15.9 Å². The van der Waals surface area contributed by atoms with Gasteiger partial charge in [0.15, 0.2) is 5.82 Å². The largest absolute Gasteiger partial charge is 0.379 e. The number of ether oxygens (including phenoxy) is 1. The van der Waals surface area contributed by atoms with Crippen molar-refractivity contribution in [3.8, 4) is 0 Å². The van der Waals surface area contributed by atoms with Crippen LogP contribution in [0, 0.1) is 5.82 Å². The molecule has 31 heavy (non-hydrogen) atoms. The SMILES string of the molecule is CC(=O)N1CCc2c(c(Nc3ccc(C4CN(C)N=N4)cc3F)nn2C2CCOC2)C1. The average molecular weight is 427 g/mol. The lowest BCUT2D eigenvalue weighted by molar-refractivity contribution is -0.129. The third kappa shape index (κ3) is 3.76. The van der Waals surface area contributed by atoms with Gasteiger partial charge in [-0.3, -0.25) is 14.5 Å². The van der Waals surface area contributed by atoms with Crippen LogP contribution in [0.1, 0.15) is 42.2 Å². The van der Waals surface area contributed by atoms with Crippen LogP contribution in [0.2, 0.25) is 0 Å². The number of hydrogen-bond donors (Lipinski definition) is 1. The normalized spacial score (nSPS) is 22.8. The molecule has 1 fully saturated rings. The van der Waals surface area contributed by atoms with Gasteiger partial charge in [-0.05, 0) is 24.1 Å². The molecule has 0 radical (unpaired) electrons. The fourth-order valence-corrected chi connectivity index (χ4v) is 4.45. The van der Waals surface area contributed by atoms with Gasteiger partial charge in [-0.2, -0.15) is 10.2 Å². The van der Waals surface area contributed by atoms with Crippen molar-refractivity contribution in [1.29, 1.82) is 0 Å². The first kappa shape index (κ1) is 19.9. The minimum atomic E-state index is -0.367. The molecule has 0 saturated carbocycles. The highest BCUT2D eigenvalue weighted by molar-refractivity contribution is 5.74. The molecule has 1 saturated heterocycles. The number of nitrogens with zero attached hydrogens (tertiary/aromatic N) is 6. The van der Waals surface area contributed by atoms with E-state index >= 15 is 0 Å². The van der Waals surface area contributed by atoms with Crippen molar-refractivity contribution < 1.29 is 13.9 Å². The van der Waals surface area contributed by atoms with Gasteiger partial charge >= 0.3 is 0 Å². The Kier molecular flexibility index (Phi) is 5.09. The van der Waals surface area contributed by atoms with Crippen LogP contribution in [0.5, 0.6) is 0 Å². The van der Waals surface area contributed by atoms with Crippen LogP contribution in [-0.2, 0) is 22.5 Å². The molecule has 2 aromatic rings. The molecule has 3 aliphatic rings. The Balaban J connectivity index is 1.44. The summed E-state index contributed by atoms with van der Waals surface area (Å²) in [5.74, 6) is 0.258. The molecule has 0 aliphatic carbocycles. The molecule has 0 bridgehead atoms. The summed E-state index contributed by atoms with van der Waals surface area (Å²) < 4.78 is 22.5.